The van der Waals surface area contributed by atoms with Gasteiger partial charge in [0.25, 0.3) is 0 Å². The molecule has 1 aliphatic rings. The van der Waals surface area contributed by atoms with Gasteiger partial charge < -0.3 is 10.1 Å². The Morgan fingerprint density at radius 1 is 1.33 bits per heavy atom. The lowest BCUT2D eigenvalue weighted by Gasteiger charge is -2.53. The molecular formula is C14H19F2NO. The van der Waals surface area contributed by atoms with Gasteiger partial charge in [-0.2, -0.15) is 0 Å². The topological polar surface area (TPSA) is 21.3 Å². The summed E-state index contributed by atoms with van der Waals surface area (Å²) in [5.74, 6) is -0.938. The average Bonchev–Trinajstić information content (AvgIpc) is 2.31. The number of ether oxygens (including phenoxy) is 1. The fraction of sp³-hybridized carbons (Fsp3) is 0.571. The van der Waals surface area contributed by atoms with Crippen LogP contribution in [0, 0.1) is 17.0 Å². The molecule has 2 nitrogen and oxygen atoms in total. The van der Waals surface area contributed by atoms with Crippen LogP contribution in [0.5, 0.6) is 5.75 Å². The van der Waals surface area contributed by atoms with E-state index >= 15 is 0 Å². The number of halogens is 2. The van der Waals surface area contributed by atoms with Crippen molar-refractivity contribution in [2.24, 2.45) is 5.41 Å². The zero-order valence-corrected chi connectivity index (χ0v) is 11.0. The molecule has 1 fully saturated rings. The van der Waals surface area contributed by atoms with Crippen molar-refractivity contribution in [1.29, 1.82) is 0 Å². The second kappa shape index (κ2) is 4.84. The van der Waals surface area contributed by atoms with Crippen LogP contribution >= 0.6 is 0 Å². The van der Waals surface area contributed by atoms with E-state index in [0.29, 0.717) is 6.04 Å². The molecular weight excluding hydrogens is 236 g/mol. The van der Waals surface area contributed by atoms with E-state index < -0.39 is 11.6 Å². The van der Waals surface area contributed by atoms with Crippen molar-refractivity contribution in [3.63, 3.8) is 0 Å². The van der Waals surface area contributed by atoms with Gasteiger partial charge in [-0.25, -0.2) is 8.78 Å². The predicted octanol–water partition coefficient (Wildman–Crippen LogP) is 3.12. The molecule has 18 heavy (non-hydrogen) atoms. The first-order valence-corrected chi connectivity index (χ1v) is 6.29. The highest BCUT2D eigenvalue weighted by Gasteiger charge is 2.51. The first-order valence-electron chi connectivity index (χ1n) is 6.29. The highest BCUT2D eigenvalue weighted by molar-refractivity contribution is 5.25. The van der Waals surface area contributed by atoms with Crippen LogP contribution in [0.1, 0.15) is 26.7 Å². The van der Waals surface area contributed by atoms with E-state index in [1.165, 1.54) is 12.1 Å². The van der Waals surface area contributed by atoms with Crippen molar-refractivity contribution in [1.82, 2.24) is 5.32 Å². The molecule has 0 bridgehead atoms. The van der Waals surface area contributed by atoms with Gasteiger partial charge in [0.1, 0.15) is 23.5 Å². The van der Waals surface area contributed by atoms with Crippen molar-refractivity contribution >= 4 is 0 Å². The summed E-state index contributed by atoms with van der Waals surface area (Å²) in [4.78, 5) is 0. The van der Waals surface area contributed by atoms with Crippen LogP contribution in [0.4, 0.5) is 8.78 Å². The van der Waals surface area contributed by atoms with Crippen LogP contribution < -0.4 is 10.1 Å². The number of benzene rings is 1. The van der Waals surface area contributed by atoms with Crippen LogP contribution in [-0.4, -0.2) is 19.2 Å². The van der Waals surface area contributed by atoms with Gasteiger partial charge in [0, 0.05) is 36.1 Å². The van der Waals surface area contributed by atoms with Gasteiger partial charge in [-0.15, -0.1) is 0 Å². The third kappa shape index (κ3) is 2.21. The van der Waals surface area contributed by atoms with E-state index in [9.17, 15) is 8.78 Å². The Bertz CT molecular complexity index is 418. The van der Waals surface area contributed by atoms with E-state index in [4.69, 9.17) is 4.74 Å². The second-order valence-electron chi connectivity index (χ2n) is 5.15. The monoisotopic (exact) mass is 255 g/mol. The van der Waals surface area contributed by atoms with Crippen LogP contribution in [0.15, 0.2) is 18.2 Å². The van der Waals surface area contributed by atoms with E-state index in [1.807, 2.05) is 7.05 Å². The molecule has 3 atom stereocenters. The highest BCUT2D eigenvalue weighted by Crippen LogP contribution is 2.45. The molecule has 0 saturated heterocycles. The van der Waals surface area contributed by atoms with Gasteiger partial charge in [-0.3, -0.25) is 0 Å². The van der Waals surface area contributed by atoms with Crippen LogP contribution in [-0.2, 0) is 0 Å². The quantitative estimate of drug-likeness (QED) is 0.892. The van der Waals surface area contributed by atoms with Crippen LogP contribution in [0.2, 0.25) is 0 Å². The van der Waals surface area contributed by atoms with Crippen molar-refractivity contribution in [2.45, 2.75) is 38.8 Å². The molecule has 1 aromatic rings. The molecule has 1 N–H and O–H groups in total. The summed E-state index contributed by atoms with van der Waals surface area (Å²) in [6.45, 7) is 4.24. The fourth-order valence-electron chi connectivity index (χ4n) is 2.68. The molecule has 0 heterocycles. The summed E-state index contributed by atoms with van der Waals surface area (Å²) < 4.78 is 31.9. The van der Waals surface area contributed by atoms with Gasteiger partial charge in [-0.05, 0) is 13.5 Å². The molecule has 2 rings (SSSR count). The van der Waals surface area contributed by atoms with E-state index in [1.54, 1.807) is 0 Å². The molecule has 4 heteroatoms. The molecule has 0 spiro atoms. The average molecular weight is 255 g/mol. The normalized spacial score (nSPS) is 30.9. The molecule has 0 aliphatic heterocycles. The molecule has 100 valence electrons. The lowest BCUT2D eigenvalue weighted by atomic mass is 9.61. The molecule has 0 aromatic heterocycles. The Labute approximate surface area is 106 Å². The molecule has 1 aliphatic carbocycles. The Balaban J connectivity index is 2.11. The second-order valence-corrected chi connectivity index (χ2v) is 5.15. The highest BCUT2D eigenvalue weighted by atomic mass is 19.1. The standard InChI is InChI=1S/C14H19F2NO/c1-4-14(2)12(17-3)8-13(14)18-11-6-9(15)5-10(16)7-11/h5-7,12-13,17H,4,8H2,1-3H3. The summed E-state index contributed by atoms with van der Waals surface area (Å²) in [6, 6.07) is 3.70. The molecule has 1 aromatic carbocycles. The Kier molecular flexibility index (Phi) is 3.57. The van der Waals surface area contributed by atoms with Gasteiger partial charge >= 0.3 is 0 Å². The Morgan fingerprint density at radius 2 is 1.94 bits per heavy atom. The van der Waals surface area contributed by atoms with Gasteiger partial charge in [0.05, 0.1) is 0 Å². The maximum Gasteiger partial charge on any atom is 0.129 e. The van der Waals surface area contributed by atoms with Crippen molar-refractivity contribution in [3.8, 4) is 5.75 Å². The number of hydrogen-bond donors (Lipinski definition) is 1. The van der Waals surface area contributed by atoms with Crippen molar-refractivity contribution in [3.05, 3.63) is 29.8 Å². The van der Waals surface area contributed by atoms with E-state index in [-0.39, 0.29) is 17.3 Å². The summed E-state index contributed by atoms with van der Waals surface area (Å²) >= 11 is 0. The smallest absolute Gasteiger partial charge is 0.129 e. The van der Waals surface area contributed by atoms with Gasteiger partial charge in [0.2, 0.25) is 0 Å². The first-order chi connectivity index (χ1) is 8.49. The third-order valence-corrected chi connectivity index (χ3v) is 4.21. The lowest BCUT2D eigenvalue weighted by molar-refractivity contribution is -0.0679. The molecule has 3 unspecified atom stereocenters. The number of nitrogens with one attached hydrogen (secondary N) is 1. The minimum Gasteiger partial charge on any atom is -0.490 e. The van der Waals surface area contributed by atoms with E-state index in [2.05, 4.69) is 19.2 Å². The number of hydrogen-bond acceptors (Lipinski definition) is 2. The Hall–Kier alpha value is -1.16. The largest absolute Gasteiger partial charge is 0.490 e. The van der Waals surface area contributed by atoms with Crippen molar-refractivity contribution < 1.29 is 13.5 Å². The summed E-state index contributed by atoms with van der Waals surface area (Å²) in [5, 5.41) is 3.25. The zero-order chi connectivity index (χ0) is 13.3. The molecule has 1 saturated carbocycles. The SMILES string of the molecule is CCC1(C)C(NC)CC1Oc1cc(F)cc(F)c1. The maximum absolute atomic E-state index is 13.1. The van der Waals surface area contributed by atoms with Crippen LogP contribution in [0.3, 0.4) is 0 Å². The maximum atomic E-state index is 13.1. The summed E-state index contributed by atoms with van der Waals surface area (Å²) in [7, 11) is 1.93. The van der Waals surface area contributed by atoms with E-state index in [0.717, 1.165) is 18.9 Å². The summed E-state index contributed by atoms with van der Waals surface area (Å²) in [6.07, 6.45) is 1.82. The molecule has 0 amide bonds. The first kappa shape index (κ1) is 13.3. The third-order valence-electron chi connectivity index (χ3n) is 4.21. The Morgan fingerprint density at radius 3 is 2.44 bits per heavy atom. The van der Waals surface area contributed by atoms with Gasteiger partial charge in [-0.1, -0.05) is 13.8 Å². The lowest BCUT2D eigenvalue weighted by Crippen LogP contribution is -2.62. The predicted molar refractivity (Wildman–Crippen MR) is 66.6 cm³/mol. The van der Waals surface area contributed by atoms with Crippen molar-refractivity contribution in [2.75, 3.05) is 7.05 Å². The fourth-order valence-corrected chi connectivity index (χ4v) is 2.68. The minimum atomic E-state index is -0.604. The van der Waals surface area contributed by atoms with Crippen LogP contribution in [0.25, 0.3) is 0 Å². The minimum absolute atomic E-state index is 0.00106. The zero-order valence-electron chi connectivity index (χ0n) is 11.0. The molecule has 0 radical (unpaired) electrons. The summed E-state index contributed by atoms with van der Waals surface area (Å²) in [5.41, 5.74) is 0.0115. The number of rotatable bonds is 4. The van der Waals surface area contributed by atoms with Gasteiger partial charge in [0.15, 0.2) is 0 Å².